The smallest absolute Gasteiger partial charge is 0.214 e. The second kappa shape index (κ2) is 13.3. The molecule has 2 aliphatic rings. The van der Waals surface area contributed by atoms with Crippen molar-refractivity contribution in [2.75, 3.05) is 6.61 Å². The SMILES string of the molecule is CC(N)=O.O[C@H]1[C@H](O)[C@@H](COc2ccccc2)O[C@@H](O)[C@@H]1Oc1ccc(OC2CCCCC2)cc1. The maximum Gasteiger partial charge on any atom is 0.214 e. The summed E-state index contributed by atoms with van der Waals surface area (Å²) in [5.41, 5.74) is 4.47. The predicted octanol–water partition coefficient (Wildman–Crippen LogP) is 2.16. The molecule has 1 heterocycles. The molecule has 5 N–H and O–H groups in total. The molecule has 2 aromatic rings. The third kappa shape index (κ3) is 8.40. The Morgan fingerprint density at radius 3 is 2.06 bits per heavy atom. The van der Waals surface area contributed by atoms with Crippen LogP contribution in [0, 0.1) is 0 Å². The lowest BCUT2D eigenvalue weighted by atomic mass is 9.98. The highest BCUT2D eigenvalue weighted by atomic mass is 16.7. The molecule has 1 saturated heterocycles. The molecule has 1 aliphatic carbocycles. The van der Waals surface area contributed by atoms with Gasteiger partial charge in [-0.2, -0.15) is 0 Å². The summed E-state index contributed by atoms with van der Waals surface area (Å²) >= 11 is 0. The van der Waals surface area contributed by atoms with Crippen LogP contribution in [0.3, 0.4) is 0 Å². The molecule has 1 amide bonds. The van der Waals surface area contributed by atoms with Crippen LogP contribution in [0.15, 0.2) is 54.6 Å². The van der Waals surface area contributed by atoms with E-state index >= 15 is 0 Å². The van der Waals surface area contributed by atoms with E-state index in [1.165, 1.54) is 26.2 Å². The fourth-order valence-electron chi connectivity index (χ4n) is 4.01. The van der Waals surface area contributed by atoms with Crippen molar-refractivity contribution in [3.05, 3.63) is 54.6 Å². The van der Waals surface area contributed by atoms with Gasteiger partial charge in [-0.15, -0.1) is 0 Å². The van der Waals surface area contributed by atoms with E-state index < -0.39 is 30.7 Å². The maximum atomic E-state index is 10.5. The lowest BCUT2D eigenvalue weighted by molar-refractivity contribution is -0.279. The number of hydrogen-bond acceptors (Lipinski definition) is 8. The minimum atomic E-state index is -1.42. The van der Waals surface area contributed by atoms with Crippen molar-refractivity contribution < 1.29 is 39.1 Å². The summed E-state index contributed by atoms with van der Waals surface area (Å²) in [5, 5.41) is 31.3. The van der Waals surface area contributed by atoms with Crippen LogP contribution in [-0.2, 0) is 9.53 Å². The molecule has 0 bridgehead atoms. The Bertz CT molecular complexity index is 884. The first-order valence-corrected chi connectivity index (χ1v) is 11.9. The lowest BCUT2D eigenvalue weighted by Gasteiger charge is -2.40. The van der Waals surface area contributed by atoms with Crippen molar-refractivity contribution in [1.82, 2.24) is 0 Å². The maximum absolute atomic E-state index is 10.5. The van der Waals surface area contributed by atoms with Gasteiger partial charge in [0.15, 0.2) is 12.4 Å². The first-order chi connectivity index (χ1) is 16.8. The van der Waals surface area contributed by atoms with Gasteiger partial charge in [0.05, 0.1) is 6.10 Å². The standard InChI is InChI=1S/C24H30O7.C2H5NO/c25-21-20(15-28-16-7-3-1-4-8-16)31-24(27)23(22(21)26)30-19-13-11-18(12-14-19)29-17-9-5-2-6-10-17;1-2(3)4/h1,3-4,7-8,11-14,17,20-27H,2,5-6,9-10,15H2;1H3,(H2,3,4)/t20-,21-,22+,23-,24-;/m1./s1. The minimum absolute atomic E-state index is 0.0147. The average Bonchev–Trinajstić information content (AvgIpc) is 2.85. The number of nitrogens with two attached hydrogens (primary N) is 1. The molecule has 0 radical (unpaired) electrons. The molecule has 1 saturated carbocycles. The molecule has 9 nitrogen and oxygen atoms in total. The second-order valence-corrected chi connectivity index (χ2v) is 8.71. The van der Waals surface area contributed by atoms with Gasteiger partial charge in [0.1, 0.15) is 42.2 Å². The molecule has 35 heavy (non-hydrogen) atoms. The van der Waals surface area contributed by atoms with Gasteiger partial charge in [-0.25, -0.2) is 0 Å². The lowest BCUT2D eigenvalue weighted by Crippen LogP contribution is -2.60. The number of hydrogen-bond donors (Lipinski definition) is 4. The molecule has 0 spiro atoms. The van der Waals surface area contributed by atoms with Crippen molar-refractivity contribution in [2.24, 2.45) is 5.73 Å². The van der Waals surface area contributed by atoms with Gasteiger partial charge in [0.2, 0.25) is 5.91 Å². The summed E-state index contributed by atoms with van der Waals surface area (Å²) < 4.78 is 22.8. The van der Waals surface area contributed by atoms with E-state index in [1.807, 2.05) is 18.2 Å². The van der Waals surface area contributed by atoms with Crippen LogP contribution in [0.2, 0.25) is 0 Å². The summed E-state index contributed by atoms with van der Waals surface area (Å²) in [5.74, 6) is 1.48. The number of rotatable bonds is 7. The number of para-hydroxylation sites is 1. The highest BCUT2D eigenvalue weighted by Gasteiger charge is 2.45. The zero-order chi connectivity index (χ0) is 25.2. The molecular weight excluding hydrogens is 454 g/mol. The molecule has 2 aromatic carbocycles. The quantitative estimate of drug-likeness (QED) is 0.464. The zero-order valence-electron chi connectivity index (χ0n) is 19.9. The van der Waals surface area contributed by atoms with Gasteiger partial charge >= 0.3 is 0 Å². The van der Waals surface area contributed by atoms with Crippen molar-refractivity contribution >= 4 is 5.91 Å². The first kappa shape index (κ1) is 26.7. The fourth-order valence-corrected chi connectivity index (χ4v) is 4.01. The fraction of sp³-hybridized carbons (Fsp3) is 0.500. The summed E-state index contributed by atoms with van der Waals surface area (Å²) in [6, 6.07) is 16.1. The Kier molecular flexibility index (Phi) is 10.2. The Labute approximate surface area is 205 Å². The molecule has 0 aromatic heterocycles. The van der Waals surface area contributed by atoms with E-state index in [2.05, 4.69) is 5.73 Å². The number of amides is 1. The van der Waals surface area contributed by atoms with Gasteiger partial charge in [0.25, 0.3) is 0 Å². The Morgan fingerprint density at radius 1 is 0.886 bits per heavy atom. The number of benzene rings is 2. The first-order valence-electron chi connectivity index (χ1n) is 11.9. The normalized spacial score (nSPS) is 26.7. The highest BCUT2D eigenvalue weighted by molar-refractivity contribution is 5.70. The Morgan fingerprint density at radius 2 is 1.46 bits per heavy atom. The molecule has 0 unspecified atom stereocenters. The van der Waals surface area contributed by atoms with Crippen LogP contribution < -0.4 is 19.9 Å². The van der Waals surface area contributed by atoms with Crippen LogP contribution in [0.1, 0.15) is 39.0 Å². The highest BCUT2D eigenvalue weighted by Crippen LogP contribution is 2.28. The van der Waals surface area contributed by atoms with Gasteiger partial charge in [0, 0.05) is 6.92 Å². The van der Waals surface area contributed by atoms with E-state index in [0.717, 1.165) is 18.6 Å². The van der Waals surface area contributed by atoms with E-state index in [1.54, 1.807) is 36.4 Å². The number of aliphatic hydroxyl groups is 3. The molecule has 5 atom stereocenters. The second-order valence-electron chi connectivity index (χ2n) is 8.71. The van der Waals surface area contributed by atoms with Crippen LogP contribution in [0.5, 0.6) is 17.2 Å². The van der Waals surface area contributed by atoms with Crippen molar-refractivity contribution in [3.63, 3.8) is 0 Å². The van der Waals surface area contributed by atoms with Crippen LogP contribution in [0.25, 0.3) is 0 Å². The number of carbonyl (C=O) groups is 1. The summed E-state index contributed by atoms with van der Waals surface area (Å²) in [7, 11) is 0. The number of aliphatic hydroxyl groups excluding tert-OH is 3. The van der Waals surface area contributed by atoms with Gasteiger partial charge in [-0.05, 0) is 62.1 Å². The van der Waals surface area contributed by atoms with E-state index in [-0.39, 0.29) is 18.6 Å². The van der Waals surface area contributed by atoms with Crippen LogP contribution >= 0.6 is 0 Å². The summed E-state index contributed by atoms with van der Waals surface area (Å²) in [6.07, 6.45) is 0.00752. The number of primary amides is 1. The summed E-state index contributed by atoms with van der Waals surface area (Å²) in [6.45, 7) is 1.29. The van der Waals surface area contributed by atoms with Gasteiger partial charge in [-0.1, -0.05) is 24.6 Å². The van der Waals surface area contributed by atoms with E-state index in [0.29, 0.717) is 11.5 Å². The van der Waals surface area contributed by atoms with Crippen molar-refractivity contribution in [1.29, 1.82) is 0 Å². The monoisotopic (exact) mass is 489 g/mol. The van der Waals surface area contributed by atoms with Crippen LogP contribution in [0.4, 0.5) is 0 Å². The minimum Gasteiger partial charge on any atom is -0.491 e. The zero-order valence-corrected chi connectivity index (χ0v) is 19.9. The molecule has 4 rings (SSSR count). The van der Waals surface area contributed by atoms with Crippen LogP contribution in [-0.4, -0.2) is 64.6 Å². The molecular formula is C26H35NO8. The van der Waals surface area contributed by atoms with Gasteiger partial charge in [-0.3, -0.25) is 4.79 Å². The number of carbonyl (C=O) groups excluding carboxylic acids is 1. The Hall–Kier alpha value is -2.85. The topological polar surface area (TPSA) is 141 Å². The van der Waals surface area contributed by atoms with E-state index in [4.69, 9.17) is 18.9 Å². The molecule has 192 valence electrons. The molecule has 9 heteroatoms. The van der Waals surface area contributed by atoms with Crippen molar-refractivity contribution in [2.45, 2.75) is 75.8 Å². The largest absolute Gasteiger partial charge is 0.491 e. The van der Waals surface area contributed by atoms with Crippen molar-refractivity contribution in [3.8, 4) is 17.2 Å². The third-order valence-corrected chi connectivity index (χ3v) is 5.77. The number of ether oxygens (including phenoxy) is 4. The predicted molar refractivity (Wildman–Crippen MR) is 128 cm³/mol. The van der Waals surface area contributed by atoms with E-state index in [9.17, 15) is 20.1 Å². The summed E-state index contributed by atoms with van der Waals surface area (Å²) in [4.78, 5) is 9.22. The van der Waals surface area contributed by atoms with Gasteiger partial charge < -0.3 is 40.0 Å². The molecule has 2 fully saturated rings. The molecule has 1 aliphatic heterocycles. The average molecular weight is 490 g/mol. The third-order valence-electron chi connectivity index (χ3n) is 5.77. The Balaban J connectivity index is 0.000000795.